The Bertz CT molecular complexity index is 547. The maximum Gasteiger partial charge on any atom is 0.0672 e. The van der Waals surface area contributed by atoms with Crippen LogP contribution in [0.25, 0.3) is 11.1 Å². The summed E-state index contributed by atoms with van der Waals surface area (Å²) in [5.74, 6) is 0. The van der Waals surface area contributed by atoms with Crippen LogP contribution < -0.4 is 5.32 Å². The average Bonchev–Trinajstić information content (AvgIpc) is 2.98. The zero-order chi connectivity index (χ0) is 14.5. The molecule has 1 fully saturated rings. The molecule has 1 aliphatic carbocycles. The molecule has 1 aliphatic rings. The van der Waals surface area contributed by atoms with Crippen molar-refractivity contribution in [3.8, 4) is 11.1 Å². The second-order valence-electron chi connectivity index (χ2n) is 6.03. The quantitative estimate of drug-likeness (QED) is 0.921. The molecule has 0 amide bonds. The molecule has 0 spiro atoms. The van der Waals surface area contributed by atoms with Crippen molar-refractivity contribution < 1.29 is 0 Å². The van der Waals surface area contributed by atoms with Crippen LogP contribution in [-0.2, 0) is 0 Å². The third-order valence-corrected chi connectivity index (χ3v) is 4.65. The Morgan fingerprint density at radius 3 is 2.52 bits per heavy atom. The van der Waals surface area contributed by atoms with E-state index in [9.17, 15) is 0 Å². The second kappa shape index (κ2) is 6.90. The van der Waals surface area contributed by atoms with E-state index in [1.54, 1.807) is 0 Å². The molecule has 0 bridgehead atoms. The lowest BCUT2D eigenvalue weighted by atomic mass is 9.92. The third kappa shape index (κ3) is 3.35. The summed E-state index contributed by atoms with van der Waals surface area (Å²) in [6, 6.07) is 11.5. The van der Waals surface area contributed by atoms with Gasteiger partial charge in [-0.05, 0) is 25.5 Å². The normalized spacial score (nSPS) is 23.5. The minimum absolute atomic E-state index is 0.479. The summed E-state index contributed by atoms with van der Waals surface area (Å²) in [5.41, 5.74) is 2.46. The van der Waals surface area contributed by atoms with Crippen LogP contribution in [0.15, 0.2) is 42.7 Å². The molecule has 2 aromatic rings. The number of hydrogen-bond acceptors (Lipinski definition) is 2. The maximum absolute atomic E-state index is 4.66. The molecule has 1 N–H and O–H groups in total. The summed E-state index contributed by atoms with van der Waals surface area (Å²) < 4.78 is 2.19. The fraction of sp³-hybridized carbons (Fsp3) is 0.500. The van der Waals surface area contributed by atoms with Crippen LogP contribution in [0.3, 0.4) is 0 Å². The fourth-order valence-corrected chi connectivity index (χ4v) is 3.42. The van der Waals surface area contributed by atoms with Crippen molar-refractivity contribution in [3.63, 3.8) is 0 Å². The monoisotopic (exact) mass is 283 g/mol. The van der Waals surface area contributed by atoms with E-state index in [-0.39, 0.29) is 0 Å². The Morgan fingerprint density at radius 2 is 1.76 bits per heavy atom. The molecule has 21 heavy (non-hydrogen) atoms. The number of nitrogens with zero attached hydrogens (tertiary/aromatic N) is 2. The van der Waals surface area contributed by atoms with Gasteiger partial charge in [0.1, 0.15) is 0 Å². The molecular formula is C18H25N3. The van der Waals surface area contributed by atoms with Crippen molar-refractivity contribution in [1.82, 2.24) is 15.1 Å². The van der Waals surface area contributed by atoms with Crippen LogP contribution in [0, 0.1) is 0 Å². The molecule has 1 aromatic heterocycles. The number of nitrogens with one attached hydrogen (secondary N) is 1. The highest BCUT2D eigenvalue weighted by molar-refractivity contribution is 5.61. The molecule has 0 aliphatic heterocycles. The zero-order valence-corrected chi connectivity index (χ0v) is 12.8. The van der Waals surface area contributed by atoms with E-state index in [1.165, 1.54) is 49.7 Å². The zero-order valence-electron chi connectivity index (χ0n) is 12.8. The highest BCUT2D eigenvalue weighted by Gasteiger charge is 2.23. The van der Waals surface area contributed by atoms with Gasteiger partial charge in [0, 0.05) is 17.8 Å². The van der Waals surface area contributed by atoms with E-state index >= 15 is 0 Å². The smallest absolute Gasteiger partial charge is 0.0672 e. The molecular weight excluding hydrogens is 258 g/mol. The van der Waals surface area contributed by atoms with Gasteiger partial charge in [0.2, 0.25) is 0 Å². The summed E-state index contributed by atoms with van der Waals surface area (Å²) in [7, 11) is 2.08. The van der Waals surface area contributed by atoms with Gasteiger partial charge in [-0.2, -0.15) is 5.10 Å². The van der Waals surface area contributed by atoms with Gasteiger partial charge >= 0.3 is 0 Å². The molecule has 3 nitrogen and oxygen atoms in total. The topological polar surface area (TPSA) is 29.9 Å². The van der Waals surface area contributed by atoms with E-state index in [2.05, 4.69) is 58.7 Å². The molecule has 2 unspecified atom stereocenters. The summed E-state index contributed by atoms with van der Waals surface area (Å²) in [6.07, 6.45) is 12.1. The fourth-order valence-electron chi connectivity index (χ4n) is 3.42. The van der Waals surface area contributed by atoms with E-state index < -0.39 is 0 Å². The van der Waals surface area contributed by atoms with Gasteiger partial charge in [-0.3, -0.25) is 4.68 Å². The molecule has 1 saturated carbocycles. The lowest BCUT2D eigenvalue weighted by Crippen LogP contribution is -2.36. The molecule has 1 aromatic carbocycles. The summed E-state index contributed by atoms with van der Waals surface area (Å²) in [5, 5.41) is 8.17. The van der Waals surface area contributed by atoms with Crippen molar-refractivity contribution in [3.05, 3.63) is 42.7 Å². The summed E-state index contributed by atoms with van der Waals surface area (Å²) in [6.45, 7) is 0. The van der Waals surface area contributed by atoms with E-state index in [4.69, 9.17) is 0 Å². The Balaban J connectivity index is 1.83. The predicted molar refractivity (Wildman–Crippen MR) is 87.2 cm³/mol. The number of aromatic nitrogens is 2. The van der Waals surface area contributed by atoms with Crippen molar-refractivity contribution >= 4 is 0 Å². The number of rotatable bonds is 3. The van der Waals surface area contributed by atoms with Gasteiger partial charge in [-0.25, -0.2) is 0 Å². The van der Waals surface area contributed by atoms with Gasteiger partial charge in [0.15, 0.2) is 0 Å². The minimum Gasteiger partial charge on any atom is -0.315 e. The highest BCUT2D eigenvalue weighted by Crippen LogP contribution is 2.28. The first-order valence-corrected chi connectivity index (χ1v) is 8.15. The molecule has 2 atom stereocenters. The summed E-state index contributed by atoms with van der Waals surface area (Å²) in [4.78, 5) is 0. The largest absolute Gasteiger partial charge is 0.315 e. The predicted octanol–water partition coefficient (Wildman–Crippen LogP) is 4.03. The highest BCUT2D eigenvalue weighted by atomic mass is 15.3. The number of likely N-dealkylation sites (N-methyl/N-ethyl adjacent to an activating group) is 1. The van der Waals surface area contributed by atoms with Gasteiger partial charge in [0.05, 0.1) is 12.2 Å². The standard InChI is InChI=1S/C18H25N3/c1-19-17-11-7-2-3-8-12-18(17)21-14-16(13-20-21)15-9-5-4-6-10-15/h4-6,9-10,13-14,17-19H,2-3,7-8,11-12H2,1H3. The minimum atomic E-state index is 0.479. The lowest BCUT2D eigenvalue weighted by molar-refractivity contribution is 0.277. The Hall–Kier alpha value is -1.61. The third-order valence-electron chi connectivity index (χ3n) is 4.65. The number of hydrogen-bond donors (Lipinski definition) is 1. The van der Waals surface area contributed by atoms with Gasteiger partial charge < -0.3 is 5.32 Å². The van der Waals surface area contributed by atoms with Crippen molar-refractivity contribution in [2.75, 3.05) is 7.05 Å². The lowest BCUT2D eigenvalue weighted by Gasteiger charge is -2.29. The van der Waals surface area contributed by atoms with Crippen molar-refractivity contribution in [2.45, 2.75) is 50.6 Å². The van der Waals surface area contributed by atoms with E-state index in [1.807, 2.05) is 6.20 Å². The Kier molecular flexibility index (Phi) is 4.71. The summed E-state index contributed by atoms with van der Waals surface area (Å²) >= 11 is 0. The van der Waals surface area contributed by atoms with Crippen LogP contribution in [0.5, 0.6) is 0 Å². The first-order valence-electron chi connectivity index (χ1n) is 8.15. The van der Waals surface area contributed by atoms with Gasteiger partial charge in [-0.15, -0.1) is 0 Å². The average molecular weight is 283 g/mol. The SMILES string of the molecule is CNC1CCCCCCC1n1cc(-c2ccccc2)cn1. The van der Waals surface area contributed by atoms with Gasteiger partial charge in [-0.1, -0.05) is 56.0 Å². The second-order valence-corrected chi connectivity index (χ2v) is 6.03. The van der Waals surface area contributed by atoms with Crippen LogP contribution in [0.1, 0.15) is 44.6 Å². The van der Waals surface area contributed by atoms with Crippen LogP contribution in [-0.4, -0.2) is 22.9 Å². The number of benzene rings is 1. The van der Waals surface area contributed by atoms with Gasteiger partial charge in [0.25, 0.3) is 0 Å². The molecule has 0 saturated heterocycles. The Labute approximate surface area is 127 Å². The molecule has 3 heteroatoms. The Morgan fingerprint density at radius 1 is 1.00 bits per heavy atom. The molecule has 0 radical (unpaired) electrons. The first-order chi connectivity index (χ1) is 10.4. The molecule has 1 heterocycles. The maximum atomic E-state index is 4.66. The van der Waals surface area contributed by atoms with Crippen LogP contribution >= 0.6 is 0 Å². The molecule has 3 rings (SSSR count). The van der Waals surface area contributed by atoms with E-state index in [0.717, 1.165) is 0 Å². The van der Waals surface area contributed by atoms with Crippen molar-refractivity contribution in [1.29, 1.82) is 0 Å². The molecule has 112 valence electrons. The van der Waals surface area contributed by atoms with E-state index in [0.29, 0.717) is 12.1 Å². The van der Waals surface area contributed by atoms with Crippen molar-refractivity contribution in [2.24, 2.45) is 0 Å². The first kappa shape index (κ1) is 14.3. The van der Waals surface area contributed by atoms with Crippen LogP contribution in [0.2, 0.25) is 0 Å². The van der Waals surface area contributed by atoms with Crippen LogP contribution in [0.4, 0.5) is 0 Å².